The second-order valence-electron chi connectivity index (χ2n) is 5.86. The zero-order valence-electron chi connectivity index (χ0n) is 11.6. The standard InChI is InChI=1S/C15H22NO3/c1-16(2)10-6-9-13(11-16)19-15(18)14(17)12-7-4-3-5-8-12/h3-5,7-8,13-14,17H,6,9-11H2,1-2H3/q+1/t13-,14-/m0/s1. The Morgan fingerprint density at radius 1 is 1.37 bits per heavy atom. The minimum atomic E-state index is -1.18. The highest BCUT2D eigenvalue weighted by Gasteiger charge is 2.31. The average molecular weight is 264 g/mol. The van der Waals surface area contributed by atoms with Crippen LogP contribution < -0.4 is 0 Å². The van der Waals surface area contributed by atoms with Crippen molar-refractivity contribution in [3.63, 3.8) is 0 Å². The highest BCUT2D eigenvalue weighted by molar-refractivity contribution is 5.76. The third-order valence-corrected chi connectivity index (χ3v) is 3.61. The van der Waals surface area contributed by atoms with E-state index in [0.717, 1.165) is 30.4 Å². The molecule has 4 heteroatoms. The number of hydrogen-bond donors (Lipinski definition) is 1. The summed E-state index contributed by atoms with van der Waals surface area (Å²) in [5.41, 5.74) is 0.581. The molecule has 1 aromatic carbocycles. The van der Waals surface area contributed by atoms with Crippen molar-refractivity contribution < 1.29 is 19.1 Å². The molecule has 1 fully saturated rings. The topological polar surface area (TPSA) is 46.5 Å². The summed E-state index contributed by atoms with van der Waals surface area (Å²) in [6.45, 7) is 1.92. The molecular formula is C15H22NO3+. The Bertz CT molecular complexity index is 430. The van der Waals surface area contributed by atoms with Crippen molar-refractivity contribution in [1.82, 2.24) is 0 Å². The van der Waals surface area contributed by atoms with Gasteiger partial charge in [0, 0.05) is 6.42 Å². The van der Waals surface area contributed by atoms with Crippen LogP contribution in [0.4, 0.5) is 0 Å². The highest BCUT2D eigenvalue weighted by atomic mass is 16.6. The smallest absolute Gasteiger partial charge is 0.340 e. The maximum absolute atomic E-state index is 11.9. The van der Waals surface area contributed by atoms with Crippen LogP contribution >= 0.6 is 0 Å². The third kappa shape index (κ3) is 3.78. The van der Waals surface area contributed by atoms with Gasteiger partial charge >= 0.3 is 5.97 Å². The molecule has 1 aliphatic rings. The molecule has 1 aromatic rings. The summed E-state index contributed by atoms with van der Waals surface area (Å²) in [5, 5.41) is 9.97. The first-order chi connectivity index (χ1) is 8.98. The molecule has 0 bridgehead atoms. The second kappa shape index (κ2) is 5.72. The van der Waals surface area contributed by atoms with Crippen molar-refractivity contribution in [2.24, 2.45) is 0 Å². The van der Waals surface area contributed by atoms with Crippen molar-refractivity contribution >= 4 is 5.97 Å². The van der Waals surface area contributed by atoms with Gasteiger partial charge in [0.15, 0.2) is 12.2 Å². The molecule has 4 nitrogen and oxygen atoms in total. The van der Waals surface area contributed by atoms with E-state index in [2.05, 4.69) is 14.1 Å². The highest BCUT2D eigenvalue weighted by Crippen LogP contribution is 2.20. The quantitative estimate of drug-likeness (QED) is 0.665. The zero-order valence-corrected chi connectivity index (χ0v) is 11.6. The second-order valence-corrected chi connectivity index (χ2v) is 5.86. The molecule has 0 radical (unpaired) electrons. The molecular weight excluding hydrogens is 242 g/mol. The molecule has 1 saturated heterocycles. The van der Waals surface area contributed by atoms with Crippen LogP contribution in [-0.2, 0) is 9.53 Å². The van der Waals surface area contributed by atoms with Crippen LogP contribution in [0.5, 0.6) is 0 Å². The zero-order chi connectivity index (χ0) is 13.9. The van der Waals surface area contributed by atoms with Gasteiger partial charge in [-0.15, -0.1) is 0 Å². The number of carbonyl (C=O) groups excluding carboxylic acids is 1. The first kappa shape index (κ1) is 14.0. The van der Waals surface area contributed by atoms with Crippen molar-refractivity contribution in [1.29, 1.82) is 0 Å². The molecule has 1 heterocycles. The summed E-state index contributed by atoms with van der Waals surface area (Å²) in [4.78, 5) is 11.9. The first-order valence-corrected chi connectivity index (χ1v) is 6.73. The van der Waals surface area contributed by atoms with Crippen molar-refractivity contribution in [3.05, 3.63) is 35.9 Å². The van der Waals surface area contributed by atoms with Crippen LogP contribution in [0.15, 0.2) is 30.3 Å². The Morgan fingerprint density at radius 3 is 2.68 bits per heavy atom. The predicted octanol–water partition coefficient (Wildman–Crippen LogP) is 1.50. The number of nitrogens with zero attached hydrogens (tertiary/aromatic N) is 1. The maximum Gasteiger partial charge on any atom is 0.340 e. The lowest BCUT2D eigenvalue weighted by molar-refractivity contribution is -0.898. The molecule has 0 saturated carbocycles. The first-order valence-electron chi connectivity index (χ1n) is 6.73. The molecule has 0 amide bonds. The molecule has 19 heavy (non-hydrogen) atoms. The number of carbonyl (C=O) groups is 1. The Morgan fingerprint density at radius 2 is 2.05 bits per heavy atom. The van der Waals surface area contributed by atoms with Crippen LogP contribution in [0, 0.1) is 0 Å². The number of aliphatic hydroxyl groups is 1. The number of benzene rings is 1. The van der Waals surface area contributed by atoms with Crippen LogP contribution in [0.1, 0.15) is 24.5 Å². The Labute approximate surface area is 114 Å². The molecule has 104 valence electrons. The third-order valence-electron chi connectivity index (χ3n) is 3.61. The van der Waals surface area contributed by atoms with Gasteiger partial charge in [-0.05, 0) is 12.0 Å². The molecule has 0 unspecified atom stereocenters. The molecule has 2 rings (SSSR count). The van der Waals surface area contributed by atoms with Crippen LogP contribution in [-0.4, -0.2) is 48.8 Å². The molecule has 0 aliphatic carbocycles. The van der Waals surface area contributed by atoms with E-state index < -0.39 is 12.1 Å². The van der Waals surface area contributed by atoms with Gasteiger partial charge in [-0.3, -0.25) is 0 Å². The van der Waals surface area contributed by atoms with Crippen molar-refractivity contribution in [2.45, 2.75) is 25.0 Å². The van der Waals surface area contributed by atoms with E-state index in [0.29, 0.717) is 5.56 Å². The number of likely N-dealkylation sites (tertiary alicyclic amines) is 1. The lowest BCUT2D eigenvalue weighted by Crippen LogP contribution is -2.50. The van der Waals surface area contributed by atoms with E-state index in [1.165, 1.54) is 0 Å². The van der Waals surface area contributed by atoms with E-state index in [9.17, 15) is 9.90 Å². The summed E-state index contributed by atoms with van der Waals surface area (Å²) < 4.78 is 6.30. The average Bonchev–Trinajstić information content (AvgIpc) is 2.37. The monoisotopic (exact) mass is 264 g/mol. The largest absolute Gasteiger partial charge is 0.454 e. The van der Waals surface area contributed by atoms with Crippen LogP contribution in [0.3, 0.4) is 0 Å². The van der Waals surface area contributed by atoms with E-state index >= 15 is 0 Å². The molecule has 2 atom stereocenters. The number of likely N-dealkylation sites (N-methyl/N-ethyl adjacent to an activating group) is 1. The number of ether oxygens (including phenoxy) is 1. The van der Waals surface area contributed by atoms with Crippen LogP contribution in [0.25, 0.3) is 0 Å². The van der Waals surface area contributed by atoms with E-state index in [1.807, 2.05) is 6.07 Å². The minimum absolute atomic E-state index is 0.0883. The van der Waals surface area contributed by atoms with Gasteiger partial charge in [-0.2, -0.15) is 0 Å². The van der Waals surface area contributed by atoms with Gasteiger partial charge in [-0.1, -0.05) is 30.3 Å². The fourth-order valence-electron chi connectivity index (χ4n) is 2.58. The number of aliphatic hydroxyl groups excluding tert-OH is 1. The lowest BCUT2D eigenvalue weighted by Gasteiger charge is -2.37. The van der Waals surface area contributed by atoms with Gasteiger partial charge < -0.3 is 14.3 Å². The molecule has 1 aliphatic heterocycles. The molecule has 1 N–H and O–H groups in total. The lowest BCUT2D eigenvalue weighted by atomic mass is 10.1. The Hall–Kier alpha value is -1.39. The van der Waals surface area contributed by atoms with E-state index in [4.69, 9.17) is 4.74 Å². The summed E-state index contributed by atoms with van der Waals surface area (Å²) in [6.07, 6.45) is 0.662. The van der Waals surface area contributed by atoms with Gasteiger partial charge in [0.1, 0.15) is 6.54 Å². The summed E-state index contributed by atoms with van der Waals surface area (Å²) >= 11 is 0. The van der Waals surface area contributed by atoms with Gasteiger partial charge in [0.2, 0.25) is 0 Å². The normalized spacial score (nSPS) is 23.6. The Kier molecular flexibility index (Phi) is 4.22. The fourth-order valence-corrected chi connectivity index (χ4v) is 2.58. The van der Waals surface area contributed by atoms with Crippen molar-refractivity contribution in [3.8, 4) is 0 Å². The summed E-state index contributed by atoms with van der Waals surface area (Å²) in [6, 6.07) is 8.90. The number of rotatable bonds is 3. The Balaban J connectivity index is 1.94. The SMILES string of the molecule is C[N+]1(C)CCC[C@H](OC(=O)[C@@H](O)c2ccccc2)C1. The van der Waals surface area contributed by atoms with E-state index in [1.54, 1.807) is 24.3 Å². The summed E-state index contributed by atoms with van der Waals surface area (Å²) in [7, 11) is 4.27. The number of piperidine rings is 1. The maximum atomic E-state index is 11.9. The number of esters is 1. The predicted molar refractivity (Wildman–Crippen MR) is 72.4 cm³/mol. The summed E-state index contributed by atoms with van der Waals surface area (Å²) in [5.74, 6) is -0.543. The van der Waals surface area contributed by atoms with Gasteiger partial charge in [0.25, 0.3) is 0 Å². The van der Waals surface area contributed by atoms with Gasteiger partial charge in [0.05, 0.1) is 20.6 Å². The molecule has 0 aromatic heterocycles. The van der Waals surface area contributed by atoms with E-state index in [-0.39, 0.29) is 6.10 Å². The van der Waals surface area contributed by atoms with Gasteiger partial charge in [-0.25, -0.2) is 4.79 Å². The molecule has 0 spiro atoms. The number of quaternary nitrogens is 1. The van der Waals surface area contributed by atoms with Crippen LogP contribution in [0.2, 0.25) is 0 Å². The number of hydrogen-bond acceptors (Lipinski definition) is 3. The van der Waals surface area contributed by atoms with Crippen molar-refractivity contribution in [2.75, 3.05) is 27.2 Å². The minimum Gasteiger partial charge on any atom is -0.454 e. The fraction of sp³-hybridized carbons (Fsp3) is 0.533.